The highest BCUT2D eigenvalue weighted by molar-refractivity contribution is 6.33. The SMILES string of the molecule is Nc1ccc(-c2ccc(N3C(=O)c4ccccc4C(C(=O)O)C3c3ccc4c(c3)OCCO4)cc2Cl)cc1. The van der Waals surface area contributed by atoms with E-state index in [0.717, 1.165) is 11.1 Å². The lowest BCUT2D eigenvalue weighted by molar-refractivity contribution is -0.139. The topological polar surface area (TPSA) is 102 Å². The molecular weight excluding hydrogens is 504 g/mol. The summed E-state index contributed by atoms with van der Waals surface area (Å²) >= 11 is 6.74. The van der Waals surface area contributed by atoms with Gasteiger partial charge in [-0.1, -0.05) is 54.1 Å². The molecule has 0 spiro atoms. The van der Waals surface area contributed by atoms with E-state index in [4.69, 9.17) is 26.8 Å². The lowest BCUT2D eigenvalue weighted by Gasteiger charge is -2.41. The molecule has 2 atom stereocenters. The molecule has 2 aliphatic heterocycles. The molecule has 2 unspecified atom stereocenters. The Morgan fingerprint density at radius 1 is 0.895 bits per heavy atom. The number of hydrogen-bond acceptors (Lipinski definition) is 5. The number of nitrogens with two attached hydrogens (primary N) is 1. The van der Waals surface area contributed by atoms with Crippen molar-refractivity contribution in [2.75, 3.05) is 23.8 Å². The molecule has 8 heteroatoms. The maximum atomic E-state index is 14.0. The Balaban J connectivity index is 1.52. The molecule has 2 heterocycles. The van der Waals surface area contributed by atoms with Crippen molar-refractivity contribution < 1.29 is 24.2 Å². The Bertz CT molecular complexity index is 1570. The van der Waals surface area contributed by atoms with Crippen molar-refractivity contribution in [2.24, 2.45) is 0 Å². The molecule has 0 saturated heterocycles. The fourth-order valence-electron chi connectivity index (χ4n) is 5.22. The normalized spacial score (nSPS) is 18.1. The van der Waals surface area contributed by atoms with E-state index in [1.165, 1.54) is 4.90 Å². The summed E-state index contributed by atoms with van der Waals surface area (Å²) in [6, 6.07) is 23.9. The van der Waals surface area contributed by atoms with E-state index in [1.54, 1.807) is 66.7 Å². The average molecular weight is 527 g/mol. The van der Waals surface area contributed by atoms with Crippen molar-refractivity contribution in [3.05, 3.63) is 107 Å². The number of ether oxygens (including phenoxy) is 2. The number of carbonyl (C=O) groups is 2. The first-order chi connectivity index (χ1) is 18.4. The maximum absolute atomic E-state index is 14.0. The minimum Gasteiger partial charge on any atom is -0.486 e. The second-order valence-electron chi connectivity index (χ2n) is 9.21. The number of rotatable bonds is 4. The van der Waals surface area contributed by atoms with E-state index in [1.807, 2.05) is 18.2 Å². The number of hydrogen-bond donors (Lipinski definition) is 2. The zero-order chi connectivity index (χ0) is 26.4. The highest BCUT2D eigenvalue weighted by Gasteiger charge is 2.45. The molecule has 3 N–H and O–H groups in total. The van der Waals surface area contributed by atoms with Crippen LogP contribution in [0.2, 0.25) is 5.02 Å². The number of aliphatic carboxylic acids is 1. The Labute approximate surface area is 224 Å². The molecule has 190 valence electrons. The molecule has 0 radical (unpaired) electrons. The number of carboxylic acids is 1. The molecule has 7 nitrogen and oxygen atoms in total. The summed E-state index contributed by atoms with van der Waals surface area (Å²) in [5, 5.41) is 10.9. The molecule has 2 aliphatic rings. The highest BCUT2D eigenvalue weighted by atomic mass is 35.5. The third kappa shape index (κ3) is 4.01. The Kier molecular flexibility index (Phi) is 5.93. The predicted octanol–water partition coefficient (Wildman–Crippen LogP) is 5.93. The summed E-state index contributed by atoms with van der Waals surface area (Å²) in [6.45, 7) is 0.821. The number of carboxylic acid groups (broad SMARTS) is 1. The largest absolute Gasteiger partial charge is 0.486 e. The zero-order valence-electron chi connectivity index (χ0n) is 20.1. The number of anilines is 2. The van der Waals surface area contributed by atoms with Crippen LogP contribution in [0, 0.1) is 0 Å². The van der Waals surface area contributed by atoms with Crippen LogP contribution in [0.25, 0.3) is 11.1 Å². The van der Waals surface area contributed by atoms with Gasteiger partial charge in [0, 0.05) is 22.5 Å². The molecule has 4 aromatic rings. The molecule has 4 aromatic carbocycles. The van der Waals surface area contributed by atoms with Gasteiger partial charge in [-0.05, 0) is 59.2 Å². The van der Waals surface area contributed by atoms with E-state index >= 15 is 0 Å². The number of nitrogen functional groups attached to an aromatic ring is 1. The first kappa shape index (κ1) is 23.9. The molecule has 0 bridgehead atoms. The summed E-state index contributed by atoms with van der Waals surface area (Å²) < 4.78 is 11.4. The van der Waals surface area contributed by atoms with Crippen molar-refractivity contribution >= 4 is 34.9 Å². The van der Waals surface area contributed by atoms with Crippen molar-refractivity contribution in [3.8, 4) is 22.6 Å². The van der Waals surface area contributed by atoms with Crippen LogP contribution in [0.1, 0.15) is 33.4 Å². The second-order valence-corrected chi connectivity index (χ2v) is 9.62. The van der Waals surface area contributed by atoms with E-state index in [-0.39, 0.29) is 5.91 Å². The lowest BCUT2D eigenvalue weighted by atomic mass is 9.79. The monoisotopic (exact) mass is 526 g/mol. The molecule has 38 heavy (non-hydrogen) atoms. The van der Waals surface area contributed by atoms with E-state index in [0.29, 0.717) is 57.8 Å². The molecule has 0 aromatic heterocycles. The van der Waals surface area contributed by atoms with Crippen molar-refractivity contribution in [2.45, 2.75) is 12.0 Å². The predicted molar refractivity (Wildman–Crippen MR) is 145 cm³/mol. The van der Waals surface area contributed by atoms with Gasteiger partial charge < -0.3 is 20.3 Å². The van der Waals surface area contributed by atoms with Gasteiger partial charge in [0.2, 0.25) is 0 Å². The fraction of sp³-hybridized carbons (Fsp3) is 0.133. The average Bonchev–Trinajstić information content (AvgIpc) is 2.93. The van der Waals surface area contributed by atoms with Gasteiger partial charge >= 0.3 is 5.97 Å². The van der Waals surface area contributed by atoms with Gasteiger partial charge in [0.25, 0.3) is 5.91 Å². The first-order valence-electron chi connectivity index (χ1n) is 12.1. The lowest BCUT2D eigenvalue weighted by Crippen LogP contribution is -2.45. The van der Waals surface area contributed by atoms with Gasteiger partial charge in [0.05, 0.1) is 11.1 Å². The van der Waals surface area contributed by atoms with Gasteiger partial charge in [-0.25, -0.2) is 0 Å². The van der Waals surface area contributed by atoms with Gasteiger partial charge in [-0.2, -0.15) is 0 Å². The van der Waals surface area contributed by atoms with Gasteiger partial charge in [-0.15, -0.1) is 0 Å². The summed E-state index contributed by atoms with van der Waals surface area (Å²) in [6.07, 6.45) is 0. The second kappa shape index (κ2) is 9.43. The van der Waals surface area contributed by atoms with Crippen LogP contribution in [0.4, 0.5) is 11.4 Å². The van der Waals surface area contributed by atoms with Crippen LogP contribution in [-0.4, -0.2) is 30.2 Å². The zero-order valence-corrected chi connectivity index (χ0v) is 20.9. The summed E-state index contributed by atoms with van der Waals surface area (Å²) in [5.74, 6) is -1.28. The molecular formula is C30H23ClN2O5. The molecule has 0 fully saturated rings. The standard InChI is InChI=1S/C30H23ClN2O5/c31-24-16-20(10-11-21(24)17-5-8-19(32)9-6-17)33-28(18-7-12-25-26(15-18)38-14-13-37-25)27(30(35)36)22-3-1-2-4-23(22)29(33)34/h1-12,15-16,27-28H,13-14,32H2,(H,35,36). The number of fused-ring (bicyclic) bond motifs is 2. The Morgan fingerprint density at radius 3 is 2.37 bits per heavy atom. The third-order valence-corrected chi connectivity index (χ3v) is 7.28. The molecule has 6 rings (SSSR count). The highest BCUT2D eigenvalue weighted by Crippen LogP contribution is 2.47. The van der Waals surface area contributed by atoms with Crippen LogP contribution < -0.4 is 20.1 Å². The molecule has 1 amide bonds. The summed E-state index contributed by atoms with van der Waals surface area (Å²) in [5.41, 5.74) is 10.0. The number of halogens is 1. The number of amides is 1. The van der Waals surface area contributed by atoms with Crippen molar-refractivity contribution in [1.82, 2.24) is 0 Å². The van der Waals surface area contributed by atoms with Crippen LogP contribution in [0.15, 0.2) is 84.9 Å². The smallest absolute Gasteiger partial charge is 0.313 e. The fourth-order valence-corrected chi connectivity index (χ4v) is 5.50. The maximum Gasteiger partial charge on any atom is 0.313 e. The first-order valence-corrected chi connectivity index (χ1v) is 12.5. The van der Waals surface area contributed by atoms with Crippen molar-refractivity contribution in [3.63, 3.8) is 0 Å². The van der Waals surface area contributed by atoms with Gasteiger partial charge in [0.15, 0.2) is 11.5 Å². The van der Waals surface area contributed by atoms with Crippen LogP contribution >= 0.6 is 11.6 Å². The van der Waals surface area contributed by atoms with Gasteiger partial charge in [0.1, 0.15) is 19.1 Å². The van der Waals surface area contributed by atoms with Crippen LogP contribution in [0.5, 0.6) is 11.5 Å². The Morgan fingerprint density at radius 2 is 1.63 bits per heavy atom. The van der Waals surface area contributed by atoms with Crippen LogP contribution in [0.3, 0.4) is 0 Å². The van der Waals surface area contributed by atoms with E-state index < -0.39 is 17.9 Å². The summed E-state index contributed by atoms with van der Waals surface area (Å²) in [7, 11) is 0. The molecule has 0 aliphatic carbocycles. The van der Waals surface area contributed by atoms with Crippen molar-refractivity contribution in [1.29, 1.82) is 0 Å². The number of benzene rings is 4. The van der Waals surface area contributed by atoms with Crippen LogP contribution in [-0.2, 0) is 4.79 Å². The Hall–Kier alpha value is -4.49. The minimum absolute atomic E-state index is 0.311. The number of nitrogens with zero attached hydrogens (tertiary/aromatic N) is 1. The third-order valence-electron chi connectivity index (χ3n) is 6.97. The minimum atomic E-state index is -1.04. The van der Waals surface area contributed by atoms with E-state index in [9.17, 15) is 14.7 Å². The quantitative estimate of drug-likeness (QED) is 0.319. The molecule has 0 saturated carbocycles. The number of carbonyl (C=O) groups excluding carboxylic acids is 1. The van der Waals surface area contributed by atoms with Gasteiger partial charge in [-0.3, -0.25) is 14.5 Å². The summed E-state index contributed by atoms with van der Waals surface area (Å²) in [4.78, 5) is 28.3. The van der Waals surface area contributed by atoms with E-state index in [2.05, 4.69) is 0 Å².